The van der Waals surface area contributed by atoms with Gasteiger partial charge in [-0.2, -0.15) is 0 Å². The summed E-state index contributed by atoms with van der Waals surface area (Å²) >= 11 is 5.59. The number of benzene rings is 2. The lowest BCUT2D eigenvalue weighted by molar-refractivity contribution is 0.0687. The normalized spacial score (nSPS) is 14.3. The maximum absolute atomic E-state index is 12.4. The second-order valence-corrected chi connectivity index (χ2v) is 6.04. The topological polar surface area (TPSA) is 38.8 Å². The third-order valence-corrected chi connectivity index (χ3v) is 4.38. The van der Waals surface area contributed by atoms with Crippen molar-refractivity contribution in [2.75, 3.05) is 26.3 Å². The molecule has 3 rings (SSSR count). The predicted molar refractivity (Wildman–Crippen MR) is 96.7 cm³/mol. The molecule has 5 heteroatoms. The van der Waals surface area contributed by atoms with Crippen molar-refractivity contribution in [3.05, 3.63) is 65.2 Å². The summed E-state index contributed by atoms with van der Waals surface area (Å²) in [7, 11) is 0. The molecule has 1 saturated heterocycles. The van der Waals surface area contributed by atoms with Crippen LogP contribution in [0.2, 0.25) is 0 Å². The Morgan fingerprint density at radius 3 is 2.46 bits per heavy atom. The number of thiocarbonyl (C=S) groups is 1. The number of carbonyl (C=O) groups excluding carboxylic acids is 1. The van der Waals surface area contributed by atoms with E-state index in [0.717, 1.165) is 24.2 Å². The van der Waals surface area contributed by atoms with Crippen LogP contribution < -0.4 is 4.74 Å². The van der Waals surface area contributed by atoms with E-state index in [4.69, 9.17) is 21.7 Å². The van der Waals surface area contributed by atoms with Gasteiger partial charge in [0.05, 0.1) is 24.3 Å². The zero-order valence-electron chi connectivity index (χ0n) is 13.5. The first-order chi connectivity index (χ1) is 11.6. The maximum atomic E-state index is 12.4. The Morgan fingerprint density at radius 2 is 1.75 bits per heavy atom. The van der Waals surface area contributed by atoms with E-state index in [9.17, 15) is 4.79 Å². The molecular formula is C19H19NO3S. The van der Waals surface area contributed by atoms with Crippen LogP contribution in [0.15, 0.2) is 48.5 Å². The molecule has 0 amide bonds. The van der Waals surface area contributed by atoms with Crippen LogP contribution in [0.5, 0.6) is 5.75 Å². The van der Waals surface area contributed by atoms with Crippen LogP contribution in [0.25, 0.3) is 0 Å². The highest BCUT2D eigenvalue weighted by atomic mass is 32.1. The van der Waals surface area contributed by atoms with Gasteiger partial charge in [-0.1, -0.05) is 42.0 Å². The van der Waals surface area contributed by atoms with E-state index in [1.807, 2.05) is 37.3 Å². The molecule has 0 aliphatic carbocycles. The van der Waals surface area contributed by atoms with Crippen LogP contribution >= 0.6 is 12.2 Å². The fraction of sp³-hybridized carbons (Fsp3) is 0.263. The predicted octanol–water partition coefficient (Wildman–Crippen LogP) is 3.22. The van der Waals surface area contributed by atoms with E-state index in [-0.39, 0.29) is 5.97 Å². The van der Waals surface area contributed by atoms with E-state index in [1.165, 1.54) is 0 Å². The number of esters is 1. The maximum Gasteiger partial charge on any atom is 0.343 e. The van der Waals surface area contributed by atoms with Crippen molar-refractivity contribution >= 4 is 23.2 Å². The molecule has 124 valence electrons. The number of nitrogens with zero attached hydrogens (tertiary/aromatic N) is 1. The quantitative estimate of drug-likeness (QED) is 0.487. The largest absolute Gasteiger partial charge is 0.422 e. The van der Waals surface area contributed by atoms with Crippen LogP contribution in [0.4, 0.5) is 0 Å². The second-order valence-electron chi connectivity index (χ2n) is 5.66. The van der Waals surface area contributed by atoms with Gasteiger partial charge in [-0.15, -0.1) is 0 Å². The lowest BCUT2D eigenvalue weighted by Crippen LogP contribution is -2.40. The molecule has 1 fully saturated rings. The summed E-state index contributed by atoms with van der Waals surface area (Å²) < 4.78 is 11.0. The summed E-state index contributed by atoms with van der Waals surface area (Å²) in [5, 5.41) is 0. The van der Waals surface area contributed by atoms with Crippen molar-refractivity contribution < 1.29 is 14.3 Å². The first-order valence-corrected chi connectivity index (χ1v) is 8.31. The first kappa shape index (κ1) is 16.6. The second kappa shape index (κ2) is 7.55. The molecule has 0 radical (unpaired) electrons. The van der Waals surface area contributed by atoms with Crippen LogP contribution in [-0.2, 0) is 4.74 Å². The first-order valence-electron chi connectivity index (χ1n) is 7.90. The Balaban J connectivity index is 1.79. The van der Waals surface area contributed by atoms with Gasteiger partial charge < -0.3 is 14.4 Å². The SMILES string of the molecule is Cc1ccc(C(=O)Oc2ccccc2C(=S)N2CCOCC2)cc1. The van der Waals surface area contributed by atoms with Gasteiger partial charge in [0.1, 0.15) is 10.7 Å². The Labute approximate surface area is 147 Å². The standard InChI is InChI=1S/C19H19NO3S/c1-14-6-8-15(9-7-14)19(21)23-17-5-3-2-4-16(17)18(24)20-10-12-22-13-11-20/h2-9H,10-13H2,1H3. The average Bonchev–Trinajstić information content (AvgIpc) is 2.63. The lowest BCUT2D eigenvalue weighted by Gasteiger charge is -2.29. The zero-order chi connectivity index (χ0) is 16.9. The van der Waals surface area contributed by atoms with Crippen molar-refractivity contribution in [3.63, 3.8) is 0 Å². The summed E-state index contributed by atoms with van der Waals surface area (Å²) in [4.78, 5) is 15.1. The minimum Gasteiger partial charge on any atom is -0.422 e. The van der Waals surface area contributed by atoms with Crippen LogP contribution in [0.1, 0.15) is 21.5 Å². The van der Waals surface area contributed by atoms with Gasteiger partial charge in [-0.25, -0.2) is 4.79 Å². The number of morpholine rings is 1. The lowest BCUT2D eigenvalue weighted by atomic mass is 10.1. The molecule has 1 heterocycles. The molecule has 0 unspecified atom stereocenters. The number of ether oxygens (including phenoxy) is 2. The zero-order valence-corrected chi connectivity index (χ0v) is 14.3. The monoisotopic (exact) mass is 341 g/mol. The molecule has 0 bridgehead atoms. The van der Waals surface area contributed by atoms with Gasteiger partial charge in [-0.3, -0.25) is 0 Å². The molecule has 0 saturated carbocycles. The molecule has 2 aromatic rings. The minimum atomic E-state index is -0.382. The smallest absolute Gasteiger partial charge is 0.343 e. The average molecular weight is 341 g/mol. The number of hydrogen-bond donors (Lipinski definition) is 0. The Bertz CT molecular complexity index is 737. The van der Waals surface area contributed by atoms with E-state index in [2.05, 4.69) is 4.90 Å². The fourth-order valence-electron chi connectivity index (χ4n) is 2.52. The van der Waals surface area contributed by atoms with Gasteiger partial charge in [0.25, 0.3) is 0 Å². The van der Waals surface area contributed by atoms with Crippen molar-refractivity contribution in [1.29, 1.82) is 0 Å². The summed E-state index contributed by atoms with van der Waals surface area (Å²) in [5.74, 6) is 0.104. The molecular weight excluding hydrogens is 322 g/mol. The minimum absolute atomic E-state index is 0.382. The third kappa shape index (κ3) is 3.80. The number of hydrogen-bond acceptors (Lipinski definition) is 4. The van der Waals surface area contributed by atoms with E-state index in [0.29, 0.717) is 29.5 Å². The van der Waals surface area contributed by atoms with Gasteiger partial charge in [-0.05, 0) is 31.2 Å². The van der Waals surface area contributed by atoms with Gasteiger partial charge in [0.2, 0.25) is 0 Å². The van der Waals surface area contributed by atoms with Crippen molar-refractivity contribution in [1.82, 2.24) is 4.90 Å². The molecule has 2 aromatic carbocycles. The molecule has 1 aliphatic rings. The molecule has 0 aromatic heterocycles. The van der Waals surface area contributed by atoms with E-state index in [1.54, 1.807) is 18.2 Å². The summed E-state index contributed by atoms with van der Waals surface area (Å²) in [6.45, 7) is 4.79. The highest BCUT2D eigenvalue weighted by molar-refractivity contribution is 7.80. The molecule has 24 heavy (non-hydrogen) atoms. The highest BCUT2D eigenvalue weighted by Gasteiger charge is 2.19. The summed E-state index contributed by atoms with van der Waals surface area (Å²) in [6.07, 6.45) is 0. The van der Waals surface area contributed by atoms with E-state index < -0.39 is 0 Å². The Hall–Kier alpha value is -2.24. The van der Waals surface area contributed by atoms with E-state index >= 15 is 0 Å². The number of para-hydroxylation sites is 1. The van der Waals surface area contributed by atoms with Gasteiger partial charge >= 0.3 is 5.97 Å². The van der Waals surface area contributed by atoms with Gasteiger partial charge in [0.15, 0.2) is 0 Å². The number of rotatable bonds is 3. The highest BCUT2D eigenvalue weighted by Crippen LogP contribution is 2.22. The molecule has 0 atom stereocenters. The summed E-state index contributed by atoms with van der Waals surface area (Å²) in [5.41, 5.74) is 2.38. The van der Waals surface area contributed by atoms with Crippen molar-refractivity contribution in [2.45, 2.75) is 6.92 Å². The number of aryl methyl sites for hydroxylation is 1. The molecule has 1 aliphatic heterocycles. The van der Waals surface area contributed by atoms with Crippen molar-refractivity contribution in [2.24, 2.45) is 0 Å². The summed E-state index contributed by atoms with van der Waals surface area (Å²) in [6, 6.07) is 14.7. The molecule has 0 spiro atoms. The Morgan fingerprint density at radius 1 is 1.08 bits per heavy atom. The van der Waals surface area contributed by atoms with Crippen molar-refractivity contribution in [3.8, 4) is 5.75 Å². The van der Waals surface area contributed by atoms with Crippen LogP contribution in [-0.4, -0.2) is 42.2 Å². The molecule has 0 N–H and O–H groups in total. The third-order valence-electron chi connectivity index (χ3n) is 3.91. The van der Waals surface area contributed by atoms with Crippen LogP contribution in [0.3, 0.4) is 0 Å². The molecule has 4 nitrogen and oxygen atoms in total. The van der Waals surface area contributed by atoms with Crippen LogP contribution in [0, 0.1) is 6.92 Å². The van der Waals surface area contributed by atoms with Gasteiger partial charge in [0, 0.05) is 13.1 Å². The Kier molecular flexibility index (Phi) is 5.23. The fourth-order valence-corrected chi connectivity index (χ4v) is 2.87. The number of carbonyl (C=O) groups is 1.